The van der Waals surface area contributed by atoms with Crippen LogP contribution in [-0.2, 0) is 4.74 Å². The zero-order valence-corrected chi connectivity index (χ0v) is 17.8. The Balaban J connectivity index is 0.00000240. The predicted molar refractivity (Wildman–Crippen MR) is 123 cm³/mol. The number of methoxy groups -OCH3 is 1. The average Bonchev–Trinajstić information content (AvgIpc) is 2.77. The molecule has 1 N–H and O–H groups in total. The molecule has 1 saturated heterocycles. The second kappa shape index (κ2) is 9.97. The van der Waals surface area contributed by atoms with Crippen LogP contribution in [0.25, 0.3) is 10.8 Å². The number of hydrogen-bond acceptors (Lipinski definition) is 4. The minimum atomic E-state index is 0. The summed E-state index contributed by atoms with van der Waals surface area (Å²) < 4.78 is 11.4. The van der Waals surface area contributed by atoms with Crippen LogP contribution in [0.5, 0.6) is 5.75 Å². The Morgan fingerprint density at radius 1 is 1.10 bits per heavy atom. The van der Waals surface area contributed by atoms with Gasteiger partial charge in [-0.05, 0) is 35.4 Å². The fourth-order valence-corrected chi connectivity index (χ4v) is 3.93. The highest BCUT2D eigenvalue weighted by molar-refractivity contribution is 5.86. The molecular formula is C24H29ClN2O2. The van der Waals surface area contributed by atoms with Gasteiger partial charge in [-0.3, -0.25) is 0 Å². The number of rotatable bonds is 6. The molecule has 1 fully saturated rings. The maximum atomic E-state index is 6.02. The number of hydrogen-bond donors (Lipinski definition) is 1. The first-order valence-corrected chi connectivity index (χ1v) is 9.96. The van der Waals surface area contributed by atoms with E-state index >= 15 is 0 Å². The number of nitrogens with one attached hydrogen (secondary N) is 1. The van der Waals surface area contributed by atoms with Crippen LogP contribution in [-0.4, -0.2) is 39.5 Å². The van der Waals surface area contributed by atoms with Gasteiger partial charge in [0.05, 0.1) is 19.8 Å². The van der Waals surface area contributed by atoms with Crippen molar-refractivity contribution < 1.29 is 9.47 Å². The van der Waals surface area contributed by atoms with Crippen LogP contribution in [0.2, 0.25) is 0 Å². The summed E-state index contributed by atoms with van der Waals surface area (Å²) in [5.74, 6) is 0.892. The molecule has 154 valence electrons. The molecule has 29 heavy (non-hydrogen) atoms. The summed E-state index contributed by atoms with van der Waals surface area (Å²) in [6.45, 7) is 5.58. The number of anilines is 1. The van der Waals surface area contributed by atoms with Crippen molar-refractivity contribution in [3.8, 4) is 5.75 Å². The molecule has 2 atom stereocenters. The van der Waals surface area contributed by atoms with Crippen LogP contribution in [0.3, 0.4) is 0 Å². The Morgan fingerprint density at radius 2 is 1.90 bits per heavy atom. The third-order valence-electron chi connectivity index (χ3n) is 5.50. The van der Waals surface area contributed by atoms with E-state index in [0.717, 1.165) is 32.0 Å². The van der Waals surface area contributed by atoms with Crippen LogP contribution in [0.15, 0.2) is 66.7 Å². The molecule has 3 aromatic carbocycles. The van der Waals surface area contributed by atoms with E-state index in [1.54, 1.807) is 7.11 Å². The summed E-state index contributed by atoms with van der Waals surface area (Å²) in [6, 6.07) is 23.6. The van der Waals surface area contributed by atoms with E-state index in [1.165, 1.54) is 22.0 Å². The van der Waals surface area contributed by atoms with Crippen molar-refractivity contribution in [1.82, 2.24) is 5.32 Å². The second-order valence-corrected chi connectivity index (χ2v) is 7.34. The molecule has 4 rings (SSSR count). The third kappa shape index (κ3) is 5.02. The van der Waals surface area contributed by atoms with Crippen LogP contribution in [0.4, 0.5) is 5.69 Å². The van der Waals surface area contributed by atoms with Crippen molar-refractivity contribution in [3.05, 3.63) is 72.3 Å². The topological polar surface area (TPSA) is 33.7 Å². The summed E-state index contributed by atoms with van der Waals surface area (Å²) in [7, 11) is 1.71. The normalized spacial score (nSPS) is 17.6. The van der Waals surface area contributed by atoms with E-state index in [2.05, 4.69) is 71.7 Å². The lowest BCUT2D eigenvalue weighted by atomic mass is 9.99. The van der Waals surface area contributed by atoms with Crippen molar-refractivity contribution in [3.63, 3.8) is 0 Å². The highest BCUT2D eigenvalue weighted by Gasteiger charge is 2.22. The van der Waals surface area contributed by atoms with Gasteiger partial charge in [0.25, 0.3) is 0 Å². The highest BCUT2D eigenvalue weighted by atomic mass is 35.5. The van der Waals surface area contributed by atoms with Gasteiger partial charge < -0.3 is 19.7 Å². The Bertz CT molecular complexity index is 928. The van der Waals surface area contributed by atoms with Crippen LogP contribution < -0.4 is 15.0 Å². The molecular weight excluding hydrogens is 384 g/mol. The molecule has 0 aliphatic carbocycles. The van der Waals surface area contributed by atoms with Gasteiger partial charge in [0.2, 0.25) is 0 Å². The van der Waals surface area contributed by atoms with Crippen molar-refractivity contribution in [2.75, 3.05) is 38.3 Å². The van der Waals surface area contributed by atoms with Crippen LogP contribution in [0.1, 0.15) is 18.5 Å². The monoisotopic (exact) mass is 412 g/mol. The minimum absolute atomic E-state index is 0. The molecule has 0 spiro atoms. The Labute approximate surface area is 179 Å². The molecule has 0 radical (unpaired) electrons. The predicted octanol–water partition coefficient (Wildman–Crippen LogP) is 4.83. The molecule has 1 aliphatic heterocycles. The summed E-state index contributed by atoms with van der Waals surface area (Å²) in [4.78, 5) is 2.38. The van der Waals surface area contributed by atoms with Gasteiger partial charge in [0.15, 0.2) is 0 Å². The van der Waals surface area contributed by atoms with E-state index < -0.39 is 0 Å². The fourth-order valence-electron chi connectivity index (χ4n) is 3.93. The zero-order valence-electron chi connectivity index (χ0n) is 17.0. The average molecular weight is 413 g/mol. The van der Waals surface area contributed by atoms with Gasteiger partial charge in [0.1, 0.15) is 5.75 Å². The number of nitrogens with zero attached hydrogens (tertiary/aromatic N) is 1. The SMILES string of the molecule is COc1cccc(N2CCOC(CN[C@H](C)c3cccc4ccccc34)C2)c1.Cl. The molecule has 1 heterocycles. The molecule has 3 aromatic rings. The lowest BCUT2D eigenvalue weighted by Crippen LogP contribution is -2.47. The van der Waals surface area contributed by atoms with E-state index in [9.17, 15) is 0 Å². The first-order chi connectivity index (χ1) is 13.7. The zero-order chi connectivity index (χ0) is 19.3. The van der Waals surface area contributed by atoms with Gasteiger partial charge >= 0.3 is 0 Å². The van der Waals surface area contributed by atoms with Crippen LogP contribution in [0, 0.1) is 0 Å². The number of morpholine rings is 1. The van der Waals surface area contributed by atoms with Crippen LogP contribution >= 0.6 is 12.4 Å². The summed E-state index contributed by atoms with van der Waals surface area (Å²) in [6.07, 6.45) is 0.164. The molecule has 0 amide bonds. The van der Waals surface area contributed by atoms with Crippen molar-refractivity contribution in [2.24, 2.45) is 0 Å². The fraction of sp³-hybridized carbons (Fsp3) is 0.333. The smallest absolute Gasteiger partial charge is 0.120 e. The molecule has 0 bridgehead atoms. The largest absolute Gasteiger partial charge is 0.497 e. The van der Waals surface area contributed by atoms with E-state index in [-0.39, 0.29) is 24.6 Å². The van der Waals surface area contributed by atoms with Crippen molar-refractivity contribution in [2.45, 2.75) is 19.1 Å². The third-order valence-corrected chi connectivity index (χ3v) is 5.50. The van der Waals surface area contributed by atoms with E-state index in [1.807, 2.05) is 12.1 Å². The van der Waals surface area contributed by atoms with E-state index in [4.69, 9.17) is 9.47 Å². The summed E-state index contributed by atoms with van der Waals surface area (Å²) >= 11 is 0. The van der Waals surface area contributed by atoms with Gasteiger partial charge in [-0.1, -0.05) is 48.5 Å². The number of fused-ring (bicyclic) bond motifs is 1. The highest BCUT2D eigenvalue weighted by Crippen LogP contribution is 2.25. The summed E-state index contributed by atoms with van der Waals surface area (Å²) in [5, 5.41) is 6.28. The first-order valence-electron chi connectivity index (χ1n) is 9.96. The lowest BCUT2D eigenvalue weighted by molar-refractivity contribution is 0.0394. The number of halogens is 1. The first kappa shape index (κ1) is 21.4. The molecule has 0 saturated carbocycles. The minimum Gasteiger partial charge on any atom is -0.497 e. The quantitative estimate of drug-likeness (QED) is 0.629. The van der Waals surface area contributed by atoms with Gasteiger partial charge in [0, 0.05) is 37.4 Å². The second-order valence-electron chi connectivity index (χ2n) is 7.34. The Kier molecular flexibility index (Phi) is 7.37. The van der Waals surface area contributed by atoms with Gasteiger partial charge in [-0.25, -0.2) is 0 Å². The van der Waals surface area contributed by atoms with Gasteiger partial charge in [-0.15, -0.1) is 12.4 Å². The van der Waals surface area contributed by atoms with Crippen molar-refractivity contribution in [1.29, 1.82) is 0 Å². The molecule has 1 aliphatic rings. The Hall–Kier alpha value is -2.27. The molecule has 4 nitrogen and oxygen atoms in total. The van der Waals surface area contributed by atoms with Gasteiger partial charge in [-0.2, -0.15) is 0 Å². The number of ether oxygens (including phenoxy) is 2. The molecule has 5 heteroatoms. The molecule has 1 unspecified atom stereocenters. The molecule has 0 aromatic heterocycles. The maximum absolute atomic E-state index is 6.02. The Morgan fingerprint density at radius 3 is 2.76 bits per heavy atom. The standard InChI is InChI=1S/C24H28N2O2.ClH/c1-18(23-12-5-8-19-7-3-4-11-24(19)23)25-16-22-17-26(13-14-28-22)20-9-6-10-21(15-20)27-2;/h3-12,15,18,22,25H,13-14,16-17H2,1-2H3;1H/t18-,22?;/m1./s1. The number of benzene rings is 3. The van der Waals surface area contributed by atoms with Crippen molar-refractivity contribution >= 4 is 28.9 Å². The summed E-state index contributed by atoms with van der Waals surface area (Å²) in [5.41, 5.74) is 2.52. The maximum Gasteiger partial charge on any atom is 0.120 e. The lowest BCUT2D eigenvalue weighted by Gasteiger charge is -2.35. The van der Waals surface area contributed by atoms with E-state index in [0.29, 0.717) is 0 Å².